The highest BCUT2D eigenvalue weighted by Crippen LogP contribution is 2.31. The van der Waals surface area contributed by atoms with Gasteiger partial charge >= 0.3 is 0 Å². The molecule has 0 aliphatic carbocycles. The van der Waals surface area contributed by atoms with Crippen LogP contribution >= 0.6 is 0 Å². The molecule has 2 heterocycles. The van der Waals surface area contributed by atoms with Gasteiger partial charge in [-0.3, -0.25) is 14.6 Å². The van der Waals surface area contributed by atoms with Crippen molar-refractivity contribution in [1.82, 2.24) is 15.2 Å². The standard InChI is InChI=1S/C26H27N3O4/c1-29(26(31)20-10-11-23-24(18-20)33-16-15-32-23)21(17-19-7-3-2-4-8-19)12-14-28-25(30)22-9-5-6-13-27-22/h2-11,13,18,21H,12,14-17H2,1H3,(H,28,30)/t21-/m1/s1. The number of benzene rings is 2. The maximum Gasteiger partial charge on any atom is 0.269 e. The van der Waals surface area contributed by atoms with Gasteiger partial charge in [-0.05, 0) is 48.7 Å². The van der Waals surface area contributed by atoms with E-state index in [4.69, 9.17) is 9.47 Å². The first-order valence-electron chi connectivity index (χ1n) is 11.0. The molecule has 0 bridgehead atoms. The van der Waals surface area contributed by atoms with Crippen LogP contribution in [0.5, 0.6) is 11.5 Å². The number of rotatable bonds is 8. The Labute approximate surface area is 193 Å². The molecule has 0 radical (unpaired) electrons. The van der Waals surface area contributed by atoms with Gasteiger partial charge in [-0.15, -0.1) is 0 Å². The van der Waals surface area contributed by atoms with Crippen molar-refractivity contribution in [3.05, 3.63) is 89.7 Å². The topological polar surface area (TPSA) is 80.8 Å². The predicted octanol–water partition coefficient (Wildman–Crippen LogP) is 3.36. The third-order valence-electron chi connectivity index (χ3n) is 5.63. The Bertz CT molecular complexity index is 1090. The van der Waals surface area contributed by atoms with Gasteiger partial charge in [-0.1, -0.05) is 36.4 Å². The van der Waals surface area contributed by atoms with Gasteiger partial charge in [0.15, 0.2) is 11.5 Å². The highest BCUT2D eigenvalue weighted by atomic mass is 16.6. The molecular formula is C26H27N3O4. The number of carbonyl (C=O) groups excluding carboxylic acids is 2. The maximum absolute atomic E-state index is 13.3. The van der Waals surface area contributed by atoms with Crippen molar-refractivity contribution in [3.63, 3.8) is 0 Å². The number of carbonyl (C=O) groups is 2. The molecule has 1 aliphatic heterocycles. The monoisotopic (exact) mass is 445 g/mol. The number of hydrogen-bond acceptors (Lipinski definition) is 5. The highest BCUT2D eigenvalue weighted by Gasteiger charge is 2.23. The van der Waals surface area contributed by atoms with Crippen molar-refractivity contribution in [2.24, 2.45) is 0 Å². The van der Waals surface area contributed by atoms with Gasteiger partial charge in [0.1, 0.15) is 18.9 Å². The first-order valence-corrected chi connectivity index (χ1v) is 11.0. The largest absolute Gasteiger partial charge is 0.486 e. The van der Waals surface area contributed by atoms with Crippen LogP contribution < -0.4 is 14.8 Å². The molecule has 0 spiro atoms. The normalized spacial score (nSPS) is 13.1. The smallest absolute Gasteiger partial charge is 0.269 e. The summed E-state index contributed by atoms with van der Waals surface area (Å²) in [5.74, 6) is 0.903. The number of nitrogens with one attached hydrogen (secondary N) is 1. The molecule has 0 saturated carbocycles. The molecular weight excluding hydrogens is 418 g/mol. The highest BCUT2D eigenvalue weighted by molar-refractivity contribution is 5.95. The molecule has 0 saturated heterocycles. The van der Waals surface area contributed by atoms with Gasteiger partial charge in [0.2, 0.25) is 0 Å². The molecule has 170 valence electrons. The summed E-state index contributed by atoms with van der Waals surface area (Å²) in [7, 11) is 1.80. The second kappa shape index (κ2) is 10.6. The average molecular weight is 446 g/mol. The number of aromatic nitrogens is 1. The molecule has 1 N–H and O–H groups in total. The zero-order chi connectivity index (χ0) is 23.0. The van der Waals surface area contributed by atoms with Crippen molar-refractivity contribution < 1.29 is 19.1 Å². The third-order valence-corrected chi connectivity index (χ3v) is 5.63. The Morgan fingerprint density at radius 1 is 1.00 bits per heavy atom. The number of fused-ring (bicyclic) bond motifs is 1. The van der Waals surface area contributed by atoms with Crippen LogP contribution in [0.4, 0.5) is 0 Å². The molecule has 1 aliphatic rings. The molecule has 7 heteroatoms. The predicted molar refractivity (Wildman–Crippen MR) is 125 cm³/mol. The Kier molecular flexibility index (Phi) is 7.19. The summed E-state index contributed by atoms with van der Waals surface area (Å²) in [4.78, 5) is 31.5. The number of ether oxygens (including phenoxy) is 2. The van der Waals surface area contributed by atoms with Crippen molar-refractivity contribution in [2.45, 2.75) is 18.9 Å². The van der Waals surface area contributed by atoms with Gasteiger partial charge in [0, 0.05) is 31.4 Å². The molecule has 4 rings (SSSR count). The molecule has 1 aromatic heterocycles. The van der Waals surface area contributed by atoms with E-state index < -0.39 is 0 Å². The Morgan fingerprint density at radius 3 is 2.52 bits per heavy atom. The van der Waals surface area contributed by atoms with Gasteiger partial charge in [0.25, 0.3) is 11.8 Å². The van der Waals surface area contributed by atoms with Crippen LogP contribution in [-0.4, -0.2) is 54.5 Å². The minimum Gasteiger partial charge on any atom is -0.486 e. The molecule has 1 atom stereocenters. The van der Waals surface area contributed by atoms with E-state index in [-0.39, 0.29) is 17.9 Å². The van der Waals surface area contributed by atoms with Gasteiger partial charge in [0.05, 0.1) is 0 Å². The molecule has 2 aromatic carbocycles. The van der Waals surface area contributed by atoms with E-state index in [0.717, 1.165) is 5.56 Å². The van der Waals surface area contributed by atoms with E-state index in [0.29, 0.717) is 55.4 Å². The number of pyridine rings is 1. The number of amides is 2. The molecule has 0 unspecified atom stereocenters. The molecule has 2 amide bonds. The molecule has 3 aromatic rings. The van der Waals surface area contributed by atoms with Crippen molar-refractivity contribution >= 4 is 11.8 Å². The van der Waals surface area contributed by atoms with Crippen LogP contribution in [0.25, 0.3) is 0 Å². The van der Waals surface area contributed by atoms with E-state index >= 15 is 0 Å². The lowest BCUT2D eigenvalue weighted by Crippen LogP contribution is -2.41. The van der Waals surface area contributed by atoms with Crippen LogP contribution in [0.3, 0.4) is 0 Å². The summed E-state index contributed by atoms with van der Waals surface area (Å²) in [6, 6.07) is 20.4. The van der Waals surface area contributed by atoms with Crippen molar-refractivity contribution in [1.29, 1.82) is 0 Å². The average Bonchev–Trinajstić information content (AvgIpc) is 2.88. The fraction of sp³-hybridized carbons (Fsp3) is 0.269. The molecule has 33 heavy (non-hydrogen) atoms. The van der Waals surface area contributed by atoms with Crippen molar-refractivity contribution in [2.75, 3.05) is 26.8 Å². The number of likely N-dealkylation sites (N-methyl/N-ethyl adjacent to an activating group) is 1. The van der Waals surface area contributed by atoms with Crippen molar-refractivity contribution in [3.8, 4) is 11.5 Å². The Morgan fingerprint density at radius 2 is 1.76 bits per heavy atom. The summed E-state index contributed by atoms with van der Waals surface area (Å²) in [5.41, 5.74) is 2.04. The Hall–Kier alpha value is -3.87. The lowest BCUT2D eigenvalue weighted by Gasteiger charge is -2.29. The summed E-state index contributed by atoms with van der Waals surface area (Å²) < 4.78 is 11.2. The minimum absolute atomic E-state index is 0.107. The fourth-order valence-electron chi connectivity index (χ4n) is 3.80. The van der Waals surface area contributed by atoms with E-state index in [2.05, 4.69) is 10.3 Å². The second-order valence-electron chi connectivity index (χ2n) is 7.88. The molecule has 7 nitrogen and oxygen atoms in total. The zero-order valence-corrected chi connectivity index (χ0v) is 18.6. The van der Waals surface area contributed by atoms with E-state index in [1.165, 1.54) is 0 Å². The van der Waals surface area contributed by atoms with Crippen LogP contribution in [0.2, 0.25) is 0 Å². The van der Waals surface area contributed by atoms with Gasteiger partial charge in [-0.2, -0.15) is 0 Å². The summed E-state index contributed by atoms with van der Waals surface area (Å²) >= 11 is 0. The van der Waals surface area contributed by atoms with Crippen LogP contribution in [0.15, 0.2) is 72.9 Å². The quantitative estimate of drug-likeness (QED) is 0.575. The first kappa shape index (κ1) is 22.3. The zero-order valence-electron chi connectivity index (χ0n) is 18.6. The van der Waals surface area contributed by atoms with Gasteiger partial charge in [-0.25, -0.2) is 0 Å². The van der Waals surface area contributed by atoms with E-state index in [1.54, 1.807) is 54.5 Å². The lowest BCUT2D eigenvalue weighted by molar-refractivity contribution is 0.0721. The summed E-state index contributed by atoms with van der Waals surface area (Å²) in [6.07, 6.45) is 2.86. The lowest BCUT2D eigenvalue weighted by atomic mass is 10.0. The fourth-order valence-corrected chi connectivity index (χ4v) is 3.80. The van der Waals surface area contributed by atoms with E-state index in [1.807, 2.05) is 30.3 Å². The van der Waals surface area contributed by atoms with Gasteiger partial charge < -0.3 is 19.7 Å². The first-order chi connectivity index (χ1) is 16.1. The number of hydrogen-bond donors (Lipinski definition) is 1. The third kappa shape index (κ3) is 5.68. The Balaban J connectivity index is 1.46. The van der Waals surface area contributed by atoms with Crippen LogP contribution in [0, 0.1) is 0 Å². The second-order valence-corrected chi connectivity index (χ2v) is 7.88. The maximum atomic E-state index is 13.3. The van der Waals surface area contributed by atoms with Crippen LogP contribution in [-0.2, 0) is 6.42 Å². The number of nitrogens with zero attached hydrogens (tertiary/aromatic N) is 2. The SMILES string of the molecule is CN(C(=O)c1ccc2c(c1)OCCO2)[C@H](CCNC(=O)c1ccccn1)Cc1ccccc1. The minimum atomic E-state index is -0.227. The summed E-state index contributed by atoms with van der Waals surface area (Å²) in [6.45, 7) is 1.39. The molecule has 0 fully saturated rings. The van der Waals surface area contributed by atoms with Crippen LogP contribution in [0.1, 0.15) is 32.8 Å². The summed E-state index contributed by atoms with van der Waals surface area (Å²) in [5, 5.41) is 2.91. The van der Waals surface area contributed by atoms with E-state index in [9.17, 15) is 9.59 Å².